The molecule has 1 heterocycles. The number of rotatable bonds is 4. The molecule has 0 spiro atoms. The van der Waals surface area contributed by atoms with Gasteiger partial charge in [-0.3, -0.25) is 0 Å². The van der Waals surface area contributed by atoms with Crippen LogP contribution in [0.1, 0.15) is 57.1 Å². The number of nitrogens with one attached hydrogen (secondary N) is 1. The van der Waals surface area contributed by atoms with E-state index in [1.54, 1.807) is 0 Å². The quantitative estimate of drug-likeness (QED) is 0.863. The molecule has 1 aromatic heterocycles. The Balaban J connectivity index is 1.72. The predicted octanol–water partition coefficient (Wildman–Crippen LogP) is 3.53. The lowest BCUT2D eigenvalue weighted by molar-refractivity contribution is 0.311. The van der Waals surface area contributed by atoms with E-state index in [4.69, 9.17) is 16.6 Å². The maximum atomic E-state index is 6.39. The Bertz CT molecular complexity index is 509. The molecule has 1 unspecified atom stereocenters. The Morgan fingerprint density at radius 2 is 2.10 bits per heavy atom. The molecule has 3 nitrogen and oxygen atoms in total. The lowest BCUT2D eigenvalue weighted by Crippen LogP contribution is -2.29. The molecule has 1 aromatic rings. The Kier molecular flexibility index (Phi) is 3.76. The van der Waals surface area contributed by atoms with Crippen LogP contribution in [0.3, 0.4) is 0 Å². The molecular formula is C16H24ClN3. The summed E-state index contributed by atoms with van der Waals surface area (Å²) in [6.07, 6.45) is 5.91. The first-order chi connectivity index (χ1) is 9.44. The molecule has 0 aromatic carbocycles. The summed E-state index contributed by atoms with van der Waals surface area (Å²) < 4.78 is 0. The molecule has 1 saturated carbocycles. The van der Waals surface area contributed by atoms with Gasteiger partial charge in [0.15, 0.2) is 0 Å². The van der Waals surface area contributed by atoms with E-state index in [0.29, 0.717) is 16.6 Å². The summed E-state index contributed by atoms with van der Waals surface area (Å²) in [6, 6.07) is 0.562. The van der Waals surface area contributed by atoms with Gasteiger partial charge in [0, 0.05) is 17.3 Å². The fraction of sp³-hybridized carbons (Fsp3) is 0.750. The molecule has 2 aliphatic carbocycles. The first kappa shape index (κ1) is 14.3. The number of hydrogen-bond donors (Lipinski definition) is 1. The van der Waals surface area contributed by atoms with Crippen LogP contribution in [0.2, 0.25) is 5.15 Å². The largest absolute Gasteiger partial charge is 0.307 e. The highest BCUT2D eigenvalue weighted by atomic mass is 35.5. The maximum absolute atomic E-state index is 6.39. The van der Waals surface area contributed by atoms with Crippen LogP contribution in [-0.2, 0) is 19.4 Å². The van der Waals surface area contributed by atoms with E-state index in [0.717, 1.165) is 31.1 Å². The van der Waals surface area contributed by atoms with Gasteiger partial charge in [-0.05, 0) is 50.4 Å². The minimum absolute atomic E-state index is 0.320. The van der Waals surface area contributed by atoms with E-state index in [1.807, 2.05) is 0 Å². The number of aryl methyl sites for hydroxylation is 1. The second-order valence-electron chi connectivity index (χ2n) is 7.20. The molecular weight excluding hydrogens is 270 g/mol. The van der Waals surface area contributed by atoms with Crippen molar-refractivity contribution in [3.63, 3.8) is 0 Å². The third-order valence-electron chi connectivity index (χ3n) is 4.69. The van der Waals surface area contributed by atoms with Crippen LogP contribution in [-0.4, -0.2) is 16.0 Å². The van der Waals surface area contributed by atoms with Crippen molar-refractivity contribution in [1.82, 2.24) is 15.3 Å². The number of halogens is 1. The summed E-state index contributed by atoms with van der Waals surface area (Å²) in [5.74, 6) is 1.70. The molecule has 1 N–H and O–H groups in total. The average Bonchev–Trinajstić information content (AvgIpc) is 3.21. The average molecular weight is 294 g/mol. The highest BCUT2D eigenvalue weighted by Crippen LogP contribution is 2.36. The van der Waals surface area contributed by atoms with Gasteiger partial charge in [0.05, 0.1) is 6.54 Å². The smallest absolute Gasteiger partial charge is 0.144 e. The SMILES string of the molecule is CC(NCc1nc(Cl)c2c(n1)CCC(C)(C)C2)C1CC1. The van der Waals surface area contributed by atoms with Gasteiger partial charge in [0.1, 0.15) is 11.0 Å². The second-order valence-corrected chi connectivity index (χ2v) is 7.56. The highest BCUT2D eigenvalue weighted by molar-refractivity contribution is 6.30. The summed E-state index contributed by atoms with van der Waals surface area (Å²) in [4.78, 5) is 9.23. The molecule has 0 saturated heterocycles. The Labute approximate surface area is 126 Å². The highest BCUT2D eigenvalue weighted by Gasteiger charge is 2.30. The Hall–Kier alpha value is -0.670. The van der Waals surface area contributed by atoms with Crippen LogP contribution in [0.25, 0.3) is 0 Å². The van der Waals surface area contributed by atoms with E-state index in [-0.39, 0.29) is 0 Å². The van der Waals surface area contributed by atoms with Crippen LogP contribution in [0.15, 0.2) is 0 Å². The first-order valence-corrected chi connectivity index (χ1v) is 8.10. The van der Waals surface area contributed by atoms with E-state index in [9.17, 15) is 0 Å². The zero-order chi connectivity index (χ0) is 14.3. The normalized spacial score (nSPS) is 22.4. The third kappa shape index (κ3) is 3.15. The van der Waals surface area contributed by atoms with Crippen molar-refractivity contribution in [2.24, 2.45) is 11.3 Å². The zero-order valence-corrected chi connectivity index (χ0v) is 13.4. The van der Waals surface area contributed by atoms with Crippen molar-refractivity contribution in [2.75, 3.05) is 0 Å². The molecule has 0 radical (unpaired) electrons. The number of hydrogen-bond acceptors (Lipinski definition) is 3. The van der Waals surface area contributed by atoms with Crippen molar-refractivity contribution >= 4 is 11.6 Å². The Morgan fingerprint density at radius 1 is 1.35 bits per heavy atom. The van der Waals surface area contributed by atoms with Crippen molar-refractivity contribution < 1.29 is 0 Å². The summed E-state index contributed by atoms with van der Waals surface area (Å²) in [5.41, 5.74) is 2.65. The summed E-state index contributed by atoms with van der Waals surface area (Å²) >= 11 is 6.39. The van der Waals surface area contributed by atoms with Gasteiger partial charge in [0.25, 0.3) is 0 Å². The van der Waals surface area contributed by atoms with E-state index in [1.165, 1.54) is 30.5 Å². The molecule has 4 heteroatoms. The fourth-order valence-electron chi connectivity index (χ4n) is 3.05. The van der Waals surface area contributed by atoms with Crippen molar-refractivity contribution in [1.29, 1.82) is 0 Å². The second kappa shape index (κ2) is 5.27. The van der Waals surface area contributed by atoms with E-state index in [2.05, 4.69) is 31.1 Å². The fourth-order valence-corrected chi connectivity index (χ4v) is 3.32. The number of aromatic nitrogens is 2. The van der Waals surface area contributed by atoms with Crippen LogP contribution in [0, 0.1) is 11.3 Å². The molecule has 0 amide bonds. The van der Waals surface area contributed by atoms with Gasteiger partial charge in [-0.1, -0.05) is 25.4 Å². The van der Waals surface area contributed by atoms with E-state index < -0.39 is 0 Å². The minimum Gasteiger partial charge on any atom is -0.307 e. The van der Waals surface area contributed by atoms with Crippen LogP contribution >= 0.6 is 11.6 Å². The topological polar surface area (TPSA) is 37.8 Å². The van der Waals surface area contributed by atoms with Gasteiger partial charge in [-0.25, -0.2) is 9.97 Å². The molecule has 0 bridgehead atoms. The summed E-state index contributed by atoms with van der Waals surface area (Å²) in [7, 11) is 0. The molecule has 1 fully saturated rings. The first-order valence-electron chi connectivity index (χ1n) is 7.72. The summed E-state index contributed by atoms with van der Waals surface area (Å²) in [5, 5.41) is 4.19. The van der Waals surface area contributed by atoms with Crippen LogP contribution in [0.4, 0.5) is 0 Å². The third-order valence-corrected chi connectivity index (χ3v) is 5.01. The molecule has 2 aliphatic rings. The number of nitrogens with zero attached hydrogens (tertiary/aromatic N) is 2. The predicted molar refractivity (Wildman–Crippen MR) is 81.9 cm³/mol. The van der Waals surface area contributed by atoms with Gasteiger partial charge < -0.3 is 5.32 Å². The standard InChI is InChI=1S/C16H24ClN3/c1-10(11-4-5-11)18-9-14-19-13-6-7-16(2,3)8-12(13)15(17)20-14/h10-11,18H,4-9H2,1-3H3. The van der Waals surface area contributed by atoms with Crippen LogP contribution < -0.4 is 5.32 Å². The molecule has 20 heavy (non-hydrogen) atoms. The summed E-state index contributed by atoms with van der Waals surface area (Å²) in [6.45, 7) is 7.56. The molecule has 0 aliphatic heterocycles. The van der Waals surface area contributed by atoms with Crippen molar-refractivity contribution in [3.8, 4) is 0 Å². The molecule has 110 valence electrons. The van der Waals surface area contributed by atoms with Gasteiger partial charge in [-0.2, -0.15) is 0 Å². The molecule has 3 rings (SSSR count). The lowest BCUT2D eigenvalue weighted by atomic mass is 9.76. The zero-order valence-electron chi connectivity index (χ0n) is 12.7. The minimum atomic E-state index is 0.320. The van der Waals surface area contributed by atoms with Crippen molar-refractivity contribution in [2.45, 2.75) is 65.5 Å². The lowest BCUT2D eigenvalue weighted by Gasteiger charge is -2.31. The van der Waals surface area contributed by atoms with Crippen molar-refractivity contribution in [3.05, 3.63) is 22.2 Å². The van der Waals surface area contributed by atoms with E-state index >= 15 is 0 Å². The van der Waals surface area contributed by atoms with Gasteiger partial charge in [0.2, 0.25) is 0 Å². The monoisotopic (exact) mass is 293 g/mol. The van der Waals surface area contributed by atoms with Crippen LogP contribution in [0.5, 0.6) is 0 Å². The van der Waals surface area contributed by atoms with Gasteiger partial charge in [-0.15, -0.1) is 0 Å². The number of fused-ring (bicyclic) bond motifs is 1. The maximum Gasteiger partial charge on any atom is 0.144 e. The Morgan fingerprint density at radius 3 is 2.80 bits per heavy atom. The van der Waals surface area contributed by atoms with Gasteiger partial charge >= 0.3 is 0 Å². The molecule has 1 atom stereocenters.